The molecule has 4 heteroatoms. The molecule has 134 valence electrons. The number of nitrogens with one attached hydrogen (secondary N) is 1. The maximum atomic E-state index is 13.3. The molecule has 2 aromatic carbocycles. The van der Waals surface area contributed by atoms with E-state index < -0.39 is 5.41 Å². The van der Waals surface area contributed by atoms with Gasteiger partial charge in [0.2, 0.25) is 11.8 Å². The third kappa shape index (κ3) is 3.00. The third-order valence-electron chi connectivity index (χ3n) is 5.57. The SMILES string of the molecule is CN1C(=O)[C@@](CCC(=O)NC2CC2)(Cc2ccccc2)c2ccccc21. The van der Waals surface area contributed by atoms with E-state index in [0.29, 0.717) is 25.3 Å². The second kappa shape index (κ2) is 6.60. The number of benzene rings is 2. The van der Waals surface area contributed by atoms with Crippen LogP contribution in [0.2, 0.25) is 0 Å². The molecule has 0 saturated heterocycles. The van der Waals surface area contributed by atoms with Gasteiger partial charge in [0, 0.05) is 25.2 Å². The lowest BCUT2D eigenvalue weighted by molar-refractivity contribution is -0.124. The summed E-state index contributed by atoms with van der Waals surface area (Å²) in [6, 6.07) is 18.4. The minimum absolute atomic E-state index is 0.0553. The van der Waals surface area contributed by atoms with E-state index in [9.17, 15) is 9.59 Å². The Morgan fingerprint density at radius 3 is 2.54 bits per heavy atom. The van der Waals surface area contributed by atoms with E-state index in [-0.39, 0.29) is 11.8 Å². The van der Waals surface area contributed by atoms with E-state index in [4.69, 9.17) is 0 Å². The zero-order valence-corrected chi connectivity index (χ0v) is 15.1. The van der Waals surface area contributed by atoms with Crippen molar-refractivity contribution in [2.24, 2.45) is 0 Å². The first-order valence-electron chi connectivity index (χ1n) is 9.31. The molecular weight excluding hydrogens is 324 g/mol. The fourth-order valence-electron chi connectivity index (χ4n) is 4.02. The molecule has 26 heavy (non-hydrogen) atoms. The van der Waals surface area contributed by atoms with Gasteiger partial charge in [-0.3, -0.25) is 9.59 Å². The number of likely N-dealkylation sites (N-methyl/N-ethyl adjacent to an activating group) is 1. The third-order valence-corrected chi connectivity index (χ3v) is 5.57. The molecule has 0 unspecified atom stereocenters. The number of rotatable bonds is 6. The fraction of sp³-hybridized carbons (Fsp3) is 0.364. The molecule has 1 heterocycles. The van der Waals surface area contributed by atoms with Crippen LogP contribution in [0.1, 0.15) is 36.8 Å². The molecule has 4 nitrogen and oxygen atoms in total. The number of para-hydroxylation sites is 1. The molecule has 1 N–H and O–H groups in total. The van der Waals surface area contributed by atoms with Gasteiger partial charge in [-0.05, 0) is 42.9 Å². The first kappa shape index (κ1) is 16.8. The number of anilines is 1. The van der Waals surface area contributed by atoms with Gasteiger partial charge in [-0.1, -0.05) is 48.5 Å². The van der Waals surface area contributed by atoms with E-state index in [1.165, 1.54) is 0 Å². The van der Waals surface area contributed by atoms with Crippen molar-refractivity contribution in [1.82, 2.24) is 5.32 Å². The van der Waals surface area contributed by atoms with Crippen molar-refractivity contribution < 1.29 is 9.59 Å². The molecule has 1 aliphatic heterocycles. The normalized spacial score (nSPS) is 21.6. The van der Waals surface area contributed by atoms with Gasteiger partial charge in [-0.2, -0.15) is 0 Å². The van der Waals surface area contributed by atoms with Crippen molar-refractivity contribution in [2.45, 2.75) is 43.6 Å². The van der Waals surface area contributed by atoms with Gasteiger partial charge in [0.1, 0.15) is 0 Å². The molecular formula is C22H24N2O2. The Morgan fingerprint density at radius 2 is 1.81 bits per heavy atom. The van der Waals surface area contributed by atoms with Crippen LogP contribution in [0.15, 0.2) is 54.6 Å². The highest BCUT2D eigenvalue weighted by Crippen LogP contribution is 2.46. The lowest BCUT2D eigenvalue weighted by atomic mass is 9.73. The van der Waals surface area contributed by atoms with Crippen LogP contribution in [-0.4, -0.2) is 24.9 Å². The average Bonchev–Trinajstić information content (AvgIpc) is 3.45. The second-order valence-electron chi connectivity index (χ2n) is 7.47. The maximum absolute atomic E-state index is 13.3. The van der Waals surface area contributed by atoms with Crippen LogP contribution < -0.4 is 10.2 Å². The zero-order valence-electron chi connectivity index (χ0n) is 15.1. The summed E-state index contributed by atoms with van der Waals surface area (Å²) in [5.74, 6) is 0.140. The van der Waals surface area contributed by atoms with Crippen LogP contribution in [0, 0.1) is 0 Å². The first-order chi connectivity index (χ1) is 12.6. The highest BCUT2D eigenvalue weighted by Gasteiger charge is 2.49. The molecule has 0 radical (unpaired) electrons. The van der Waals surface area contributed by atoms with E-state index in [0.717, 1.165) is 29.7 Å². The molecule has 2 aliphatic rings. The summed E-state index contributed by atoms with van der Waals surface area (Å²) in [7, 11) is 1.83. The number of hydrogen-bond donors (Lipinski definition) is 1. The molecule has 2 aromatic rings. The largest absolute Gasteiger partial charge is 0.353 e. The molecule has 1 aliphatic carbocycles. The Kier molecular flexibility index (Phi) is 4.27. The quantitative estimate of drug-likeness (QED) is 0.871. The van der Waals surface area contributed by atoms with Crippen LogP contribution in [-0.2, 0) is 21.4 Å². The van der Waals surface area contributed by atoms with Crippen molar-refractivity contribution in [2.75, 3.05) is 11.9 Å². The van der Waals surface area contributed by atoms with Gasteiger partial charge >= 0.3 is 0 Å². The van der Waals surface area contributed by atoms with Crippen molar-refractivity contribution in [3.05, 3.63) is 65.7 Å². The second-order valence-corrected chi connectivity index (χ2v) is 7.47. The van der Waals surface area contributed by atoms with Crippen molar-refractivity contribution in [3.63, 3.8) is 0 Å². The van der Waals surface area contributed by atoms with E-state index in [1.807, 2.05) is 49.5 Å². The smallest absolute Gasteiger partial charge is 0.237 e. The summed E-state index contributed by atoms with van der Waals surface area (Å²) in [5.41, 5.74) is 2.44. The molecule has 1 saturated carbocycles. The van der Waals surface area contributed by atoms with Gasteiger partial charge in [0.25, 0.3) is 0 Å². The summed E-state index contributed by atoms with van der Waals surface area (Å²) in [5, 5.41) is 3.05. The number of nitrogens with zero attached hydrogens (tertiary/aromatic N) is 1. The Balaban J connectivity index is 1.67. The van der Waals surface area contributed by atoms with Crippen molar-refractivity contribution in [3.8, 4) is 0 Å². The average molecular weight is 348 g/mol. The summed E-state index contributed by atoms with van der Waals surface area (Å²) >= 11 is 0. The maximum Gasteiger partial charge on any atom is 0.237 e. The van der Waals surface area contributed by atoms with Gasteiger partial charge in [-0.25, -0.2) is 0 Å². The number of carbonyl (C=O) groups is 2. The minimum Gasteiger partial charge on any atom is -0.353 e. The summed E-state index contributed by atoms with van der Waals surface area (Å²) in [6.45, 7) is 0. The van der Waals surface area contributed by atoms with E-state index >= 15 is 0 Å². The number of carbonyl (C=O) groups excluding carboxylic acids is 2. The minimum atomic E-state index is -0.673. The topological polar surface area (TPSA) is 49.4 Å². The van der Waals surface area contributed by atoms with Crippen LogP contribution in [0.4, 0.5) is 5.69 Å². The van der Waals surface area contributed by atoms with Gasteiger partial charge in [0.15, 0.2) is 0 Å². The van der Waals surface area contributed by atoms with Crippen LogP contribution in [0.25, 0.3) is 0 Å². The molecule has 0 bridgehead atoms. The summed E-state index contributed by atoms with van der Waals surface area (Å²) in [6.07, 6.45) is 3.67. The number of amides is 2. The lowest BCUT2D eigenvalue weighted by Crippen LogP contribution is -2.41. The standard InChI is InChI=1S/C22H24N2O2/c1-24-19-10-6-5-9-18(19)22(21(24)26,15-16-7-3-2-4-8-16)14-13-20(25)23-17-11-12-17/h2-10,17H,11-15H2,1H3,(H,23,25)/t22-/m0/s1. The van der Waals surface area contributed by atoms with Gasteiger partial charge in [-0.15, -0.1) is 0 Å². The number of fused-ring (bicyclic) bond motifs is 1. The first-order valence-corrected chi connectivity index (χ1v) is 9.31. The lowest BCUT2D eigenvalue weighted by Gasteiger charge is -2.28. The Hall–Kier alpha value is -2.62. The molecule has 4 rings (SSSR count). The van der Waals surface area contributed by atoms with Crippen molar-refractivity contribution in [1.29, 1.82) is 0 Å². The van der Waals surface area contributed by atoms with Crippen LogP contribution >= 0.6 is 0 Å². The summed E-state index contributed by atoms with van der Waals surface area (Å²) < 4.78 is 0. The molecule has 0 aromatic heterocycles. The molecule has 1 fully saturated rings. The van der Waals surface area contributed by atoms with Gasteiger partial charge in [0.05, 0.1) is 5.41 Å². The van der Waals surface area contributed by atoms with Crippen LogP contribution in [0.5, 0.6) is 0 Å². The van der Waals surface area contributed by atoms with Crippen molar-refractivity contribution >= 4 is 17.5 Å². The number of hydrogen-bond acceptors (Lipinski definition) is 2. The van der Waals surface area contributed by atoms with E-state index in [1.54, 1.807) is 4.90 Å². The summed E-state index contributed by atoms with van der Waals surface area (Å²) in [4.78, 5) is 27.4. The molecule has 0 spiro atoms. The predicted octanol–water partition coefficient (Wildman–Crippen LogP) is 3.20. The highest BCUT2D eigenvalue weighted by atomic mass is 16.2. The molecule has 1 atom stereocenters. The Bertz CT molecular complexity index is 829. The Morgan fingerprint density at radius 1 is 1.12 bits per heavy atom. The fourth-order valence-corrected chi connectivity index (χ4v) is 4.02. The van der Waals surface area contributed by atoms with E-state index in [2.05, 4.69) is 17.4 Å². The van der Waals surface area contributed by atoms with Crippen LogP contribution in [0.3, 0.4) is 0 Å². The zero-order chi connectivity index (χ0) is 18.1. The predicted molar refractivity (Wildman–Crippen MR) is 102 cm³/mol. The Labute approximate surface area is 154 Å². The van der Waals surface area contributed by atoms with Gasteiger partial charge < -0.3 is 10.2 Å². The highest BCUT2D eigenvalue weighted by molar-refractivity contribution is 6.08. The molecule has 2 amide bonds. The monoisotopic (exact) mass is 348 g/mol.